The van der Waals surface area contributed by atoms with Crippen molar-refractivity contribution in [2.75, 3.05) is 0 Å². The van der Waals surface area contributed by atoms with Crippen LogP contribution in [0, 0.1) is 0 Å². The second kappa shape index (κ2) is 4.84. The van der Waals surface area contributed by atoms with E-state index in [4.69, 9.17) is 0 Å². The van der Waals surface area contributed by atoms with Crippen LogP contribution in [0.25, 0.3) is 0 Å². The van der Waals surface area contributed by atoms with Crippen LogP contribution >= 0.6 is 0 Å². The Morgan fingerprint density at radius 2 is 1.89 bits per heavy atom. The summed E-state index contributed by atoms with van der Waals surface area (Å²) in [4.78, 5) is 7.16. The molecule has 2 aromatic rings. The second-order valence-electron chi connectivity index (χ2n) is 4.06. The normalized spacial score (nSPS) is 13.6. The van der Waals surface area contributed by atoms with Crippen LogP contribution in [0.4, 0.5) is 13.2 Å². The van der Waals surface area contributed by atoms with Crippen LogP contribution in [0.1, 0.15) is 36.2 Å². The van der Waals surface area contributed by atoms with Crippen LogP contribution in [-0.4, -0.2) is 9.97 Å². The van der Waals surface area contributed by atoms with Gasteiger partial charge in [-0.05, 0) is 24.1 Å². The maximum absolute atomic E-state index is 12.5. The van der Waals surface area contributed by atoms with Gasteiger partial charge in [-0.1, -0.05) is 19.1 Å². The van der Waals surface area contributed by atoms with Gasteiger partial charge in [0.15, 0.2) is 0 Å². The molecule has 0 spiro atoms. The third kappa shape index (κ3) is 2.55. The summed E-state index contributed by atoms with van der Waals surface area (Å²) < 4.78 is 37.4. The number of benzene rings is 1. The molecule has 0 aliphatic carbocycles. The zero-order valence-corrected chi connectivity index (χ0v) is 9.83. The summed E-state index contributed by atoms with van der Waals surface area (Å²) in [5.74, 6) is 0.777. The van der Waals surface area contributed by atoms with Gasteiger partial charge in [-0.3, -0.25) is 0 Å². The minimum absolute atomic E-state index is 0.00211. The highest BCUT2D eigenvalue weighted by molar-refractivity contribution is 5.30. The summed E-state index contributed by atoms with van der Waals surface area (Å²) >= 11 is 0. The predicted molar refractivity (Wildman–Crippen MR) is 62.2 cm³/mol. The van der Waals surface area contributed by atoms with Gasteiger partial charge < -0.3 is 4.98 Å². The van der Waals surface area contributed by atoms with E-state index < -0.39 is 11.7 Å². The molecule has 1 aromatic carbocycles. The molecule has 1 N–H and O–H groups in total. The monoisotopic (exact) mass is 254 g/mol. The number of hydrogen-bond donors (Lipinski definition) is 1. The molecule has 1 atom stereocenters. The van der Waals surface area contributed by atoms with Crippen molar-refractivity contribution < 1.29 is 13.2 Å². The Hall–Kier alpha value is -1.78. The number of hydrogen-bond acceptors (Lipinski definition) is 1. The molecule has 5 heteroatoms. The fourth-order valence-corrected chi connectivity index (χ4v) is 1.96. The van der Waals surface area contributed by atoms with Gasteiger partial charge in [0.05, 0.1) is 5.56 Å². The summed E-state index contributed by atoms with van der Waals surface area (Å²) in [6, 6.07) is 5.25. The first-order valence-corrected chi connectivity index (χ1v) is 5.68. The quantitative estimate of drug-likeness (QED) is 0.882. The second-order valence-corrected chi connectivity index (χ2v) is 4.06. The SMILES string of the molecule is CCC(c1ccc(C(F)(F)F)cc1)c1ncc[nH]1. The number of alkyl halides is 3. The molecular weight excluding hydrogens is 241 g/mol. The van der Waals surface area contributed by atoms with Crippen molar-refractivity contribution in [1.82, 2.24) is 9.97 Å². The van der Waals surface area contributed by atoms with Crippen molar-refractivity contribution in [2.24, 2.45) is 0 Å². The van der Waals surface area contributed by atoms with Gasteiger partial charge in [0.2, 0.25) is 0 Å². The maximum Gasteiger partial charge on any atom is 0.416 e. The van der Waals surface area contributed by atoms with E-state index in [2.05, 4.69) is 9.97 Å². The molecule has 96 valence electrons. The highest BCUT2D eigenvalue weighted by Gasteiger charge is 2.30. The fourth-order valence-electron chi connectivity index (χ4n) is 1.96. The molecule has 2 rings (SSSR count). The Kier molecular flexibility index (Phi) is 3.41. The van der Waals surface area contributed by atoms with E-state index in [-0.39, 0.29) is 5.92 Å². The number of imidazole rings is 1. The third-order valence-corrected chi connectivity index (χ3v) is 2.90. The van der Waals surface area contributed by atoms with Crippen LogP contribution < -0.4 is 0 Å². The highest BCUT2D eigenvalue weighted by Crippen LogP contribution is 2.31. The zero-order valence-electron chi connectivity index (χ0n) is 9.83. The van der Waals surface area contributed by atoms with Crippen LogP contribution in [0.5, 0.6) is 0 Å². The molecule has 0 aliphatic rings. The number of aromatic nitrogens is 2. The standard InChI is InChI=1S/C13H13F3N2/c1-2-11(12-17-7-8-18-12)9-3-5-10(6-4-9)13(14,15)16/h3-8,11H,2H2,1H3,(H,17,18). The zero-order chi connectivity index (χ0) is 13.2. The summed E-state index contributed by atoms with van der Waals surface area (Å²) in [7, 11) is 0. The van der Waals surface area contributed by atoms with E-state index in [1.54, 1.807) is 12.4 Å². The van der Waals surface area contributed by atoms with Crippen molar-refractivity contribution in [1.29, 1.82) is 0 Å². The third-order valence-electron chi connectivity index (χ3n) is 2.90. The molecule has 0 amide bonds. The number of aromatic amines is 1. The fraction of sp³-hybridized carbons (Fsp3) is 0.308. The van der Waals surface area contributed by atoms with Crippen molar-refractivity contribution in [3.63, 3.8) is 0 Å². The van der Waals surface area contributed by atoms with Gasteiger partial charge in [-0.15, -0.1) is 0 Å². The number of halogens is 3. The van der Waals surface area contributed by atoms with E-state index in [0.717, 1.165) is 29.9 Å². The van der Waals surface area contributed by atoms with E-state index >= 15 is 0 Å². The summed E-state index contributed by atoms with van der Waals surface area (Å²) in [5.41, 5.74) is 0.209. The van der Waals surface area contributed by atoms with E-state index in [1.807, 2.05) is 6.92 Å². The largest absolute Gasteiger partial charge is 0.416 e. The van der Waals surface area contributed by atoms with Gasteiger partial charge in [0, 0.05) is 18.3 Å². The Labute approximate surface area is 103 Å². The first kappa shape index (κ1) is 12.7. The number of nitrogens with one attached hydrogen (secondary N) is 1. The van der Waals surface area contributed by atoms with Gasteiger partial charge in [0.1, 0.15) is 5.82 Å². The molecule has 1 heterocycles. The average molecular weight is 254 g/mol. The maximum atomic E-state index is 12.5. The smallest absolute Gasteiger partial charge is 0.348 e. The molecule has 0 aliphatic heterocycles. The Morgan fingerprint density at radius 3 is 2.33 bits per heavy atom. The molecule has 18 heavy (non-hydrogen) atoms. The Bertz CT molecular complexity index is 486. The number of H-pyrrole nitrogens is 1. The molecule has 2 nitrogen and oxygen atoms in total. The minimum atomic E-state index is -4.29. The summed E-state index contributed by atoms with van der Waals surface area (Å²) in [5, 5.41) is 0. The molecule has 0 bridgehead atoms. The van der Waals surface area contributed by atoms with Crippen LogP contribution in [-0.2, 0) is 6.18 Å². The molecule has 1 unspecified atom stereocenters. The van der Waals surface area contributed by atoms with Crippen molar-refractivity contribution >= 4 is 0 Å². The lowest BCUT2D eigenvalue weighted by Crippen LogP contribution is -2.06. The van der Waals surface area contributed by atoms with Crippen LogP contribution in [0.3, 0.4) is 0 Å². The summed E-state index contributed by atoms with van der Waals surface area (Å²) in [6.45, 7) is 1.98. The minimum Gasteiger partial charge on any atom is -0.348 e. The lowest BCUT2D eigenvalue weighted by molar-refractivity contribution is -0.137. The number of rotatable bonds is 3. The molecule has 0 radical (unpaired) electrons. The first-order valence-electron chi connectivity index (χ1n) is 5.68. The molecule has 0 saturated heterocycles. The molecular formula is C13H13F3N2. The number of nitrogens with zero attached hydrogens (tertiary/aromatic N) is 1. The van der Waals surface area contributed by atoms with E-state index in [9.17, 15) is 13.2 Å². The topological polar surface area (TPSA) is 28.7 Å². The lowest BCUT2D eigenvalue weighted by atomic mass is 9.95. The highest BCUT2D eigenvalue weighted by atomic mass is 19.4. The van der Waals surface area contributed by atoms with Crippen molar-refractivity contribution in [3.8, 4) is 0 Å². The molecule has 1 aromatic heterocycles. The van der Waals surface area contributed by atoms with Gasteiger partial charge in [0.25, 0.3) is 0 Å². The molecule has 0 fully saturated rings. The Balaban J connectivity index is 2.28. The predicted octanol–water partition coefficient (Wildman–Crippen LogP) is 3.97. The average Bonchev–Trinajstić information content (AvgIpc) is 2.83. The van der Waals surface area contributed by atoms with E-state index in [1.165, 1.54) is 12.1 Å². The van der Waals surface area contributed by atoms with Gasteiger partial charge >= 0.3 is 6.18 Å². The lowest BCUT2D eigenvalue weighted by Gasteiger charge is -2.14. The van der Waals surface area contributed by atoms with Crippen LogP contribution in [0.15, 0.2) is 36.7 Å². The van der Waals surface area contributed by atoms with Gasteiger partial charge in [-0.2, -0.15) is 13.2 Å². The summed E-state index contributed by atoms with van der Waals surface area (Å²) in [6.07, 6.45) is -0.159. The first-order chi connectivity index (χ1) is 8.52. The van der Waals surface area contributed by atoms with Crippen LogP contribution in [0.2, 0.25) is 0 Å². The van der Waals surface area contributed by atoms with Crippen molar-refractivity contribution in [3.05, 3.63) is 53.6 Å². The molecule has 0 saturated carbocycles. The Morgan fingerprint density at radius 1 is 1.22 bits per heavy atom. The van der Waals surface area contributed by atoms with Crippen molar-refractivity contribution in [2.45, 2.75) is 25.4 Å². The van der Waals surface area contributed by atoms with Gasteiger partial charge in [-0.25, -0.2) is 4.98 Å². The van der Waals surface area contributed by atoms with E-state index in [0.29, 0.717) is 0 Å².